The van der Waals surface area contributed by atoms with Crippen LogP contribution in [0.5, 0.6) is 0 Å². The van der Waals surface area contributed by atoms with Crippen molar-refractivity contribution >= 4 is 41.5 Å². The molecule has 5 heteroatoms. The van der Waals surface area contributed by atoms with E-state index in [1.165, 1.54) is 16.5 Å². The summed E-state index contributed by atoms with van der Waals surface area (Å²) in [6.45, 7) is 7.70. The van der Waals surface area contributed by atoms with E-state index < -0.39 is 0 Å². The predicted molar refractivity (Wildman–Crippen MR) is 116 cm³/mol. The number of para-hydroxylation sites is 1. The highest BCUT2D eigenvalue weighted by Gasteiger charge is 2.18. The molecule has 138 valence electrons. The lowest BCUT2D eigenvalue weighted by Gasteiger charge is -2.35. The Morgan fingerprint density at radius 1 is 0.846 bits per heavy atom. The Bertz CT molecular complexity index is 831. The number of aromatic nitrogens is 1. The van der Waals surface area contributed by atoms with Gasteiger partial charge in [0.1, 0.15) is 5.82 Å². The summed E-state index contributed by atoms with van der Waals surface area (Å²) in [5.41, 5.74) is 3.60. The first-order chi connectivity index (χ1) is 11.8. The van der Waals surface area contributed by atoms with Crippen LogP contribution in [0.15, 0.2) is 60.7 Å². The summed E-state index contributed by atoms with van der Waals surface area (Å²) in [5.74, 6) is 1.10. The molecule has 0 N–H and O–H groups in total. The van der Waals surface area contributed by atoms with Gasteiger partial charge in [-0.05, 0) is 29.8 Å². The maximum atomic E-state index is 4.94. The second-order valence-corrected chi connectivity index (χ2v) is 6.33. The van der Waals surface area contributed by atoms with Gasteiger partial charge in [0.25, 0.3) is 0 Å². The molecule has 4 rings (SSSR count). The van der Waals surface area contributed by atoms with Crippen LogP contribution in [0.3, 0.4) is 0 Å². The van der Waals surface area contributed by atoms with Crippen LogP contribution in [0.25, 0.3) is 22.0 Å². The molecule has 0 radical (unpaired) electrons. The number of likely N-dealkylation sites (N-methyl/N-ethyl adjacent to an activating group) is 1. The third-order valence-electron chi connectivity index (χ3n) is 4.93. The fourth-order valence-electron chi connectivity index (χ4n) is 3.47. The van der Waals surface area contributed by atoms with E-state index in [-0.39, 0.29) is 24.8 Å². The first kappa shape index (κ1) is 20.5. The van der Waals surface area contributed by atoms with Gasteiger partial charge in [-0.1, -0.05) is 55.5 Å². The summed E-state index contributed by atoms with van der Waals surface area (Å²) in [5, 5.41) is 1.22. The van der Waals surface area contributed by atoms with E-state index in [9.17, 15) is 0 Å². The highest BCUT2D eigenvalue weighted by Crippen LogP contribution is 2.31. The molecule has 1 aromatic heterocycles. The van der Waals surface area contributed by atoms with Gasteiger partial charge < -0.3 is 9.80 Å². The number of hydrogen-bond donors (Lipinski definition) is 0. The average Bonchev–Trinajstić information content (AvgIpc) is 2.68. The summed E-state index contributed by atoms with van der Waals surface area (Å²) in [6.07, 6.45) is 0. The Morgan fingerprint density at radius 3 is 2.19 bits per heavy atom. The van der Waals surface area contributed by atoms with Crippen molar-refractivity contribution in [1.82, 2.24) is 9.88 Å². The summed E-state index contributed by atoms with van der Waals surface area (Å²) in [6, 6.07) is 21.3. The molecule has 0 atom stereocenters. The van der Waals surface area contributed by atoms with Crippen molar-refractivity contribution in [1.29, 1.82) is 0 Å². The molecule has 1 aliphatic rings. The van der Waals surface area contributed by atoms with E-state index in [0.717, 1.165) is 44.1 Å². The summed E-state index contributed by atoms with van der Waals surface area (Å²) in [4.78, 5) is 9.86. The Hall–Kier alpha value is -1.81. The number of benzene rings is 2. The number of piperazine rings is 1. The highest BCUT2D eigenvalue weighted by atomic mass is 35.5. The van der Waals surface area contributed by atoms with Gasteiger partial charge in [-0.2, -0.15) is 0 Å². The number of fused-ring (bicyclic) bond motifs is 1. The molecule has 0 aliphatic carbocycles. The van der Waals surface area contributed by atoms with Crippen molar-refractivity contribution in [2.24, 2.45) is 0 Å². The van der Waals surface area contributed by atoms with Crippen LogP contribution >= 0.6 is 24.8 Å². The van der Waals surface area contributed by atoms with Crippen LogP contribution in [0.1, 0.15) is 6.92 Å². The van der Waals surface area contributed by atoms with Crippen LogP contribution < -0.4 is 4.90 Å². The Labute approximate surface area is 167 Å². The lowest BCUT2D eigenvalue weighted by Crippen LogP contribution is -2.46. The topological polar surface area (TPSA) is 19.4 Å². The second kappa shape index (κ2) is 9.22. The number of pyridine rings is 1. The minimum absolute atomic E-state index is 0. The molecule has 1 fully saturated rings. The molecule has 2 heterocycles. The van der Waals surface area contributed by atoms with Crippen molar-refractivity contribution < 1.29 is 0 Å². The lowest BCUT2D eigenvalue weighted by atomic mass is 10.0. The zero-order chi connectivity index (χ0) is 16.4. The molecule has 0 spiro atoms. The number of halogens is 2. The first-order valence-corrected chi connectivity index (χ1v) is 8.77. The zero-order valence-corrected chi connectivity index (χ0v) is 16.6. The van der Waals surface area contributed by atoms with Gasteiger partial charge in [0, 0.05) is 31.6 Å². The highest BCUT2D eigenvalue weighted by molar-refractivity contribution is 5.96. The molecule has 3 aromatic rings. The molecular formula is C21H25Cl2N3. The minimum atomic E-state index is 0. The SMILES string of the molecule is CCN1CCN(c2cc(-c3ccccc3)c3ccccc3n2)CC1.Cl.Cl. The molecule has 2 aromatic carbocycles. The van der Waals surface area contributed by atoms with Crippen molar-refractivity contribution in [3.63, 3.8) is 0 Å². The van der Waals surface area contributed by atoms with Gasteiger partial charge in [-0.3, -0.25) is 0 Å². The van der Waals surface area contributed by atoms with Crippen molar-refractivity contribution in [2.75, 3.05) is 37.6 Å². The smallest absolute Gasteiger partial charge is 0.129 e. The quantitative estimate of drug-likeness (QED) is 0.635. The predicted octanol–water partition coefficient (Wildman–Crippen LogP) is 4.89. The standard InChI is InChI=1S/C21H23N3.2ClH/c1-2-23-12-14-24(15-13-23)21-16-19(17-8-4-3-5-9-17)18-10-6-7-11-20(18)22-21;;/h3-11,16H,2,12-15H2,1H3;2*1H. The van der Waals surface area contributed by atoms with Gasteiger partial charge in [-0.25, -0.2) is 4.98 Å². The normalized spacial score (nSPS) is 14.6. The molecule has 0 amide bonds. The molecule has 3 nitrogen and oxygen atoms in total. The average molecular weight is 390 g/mol. The van der Waals surface area contributed by atoms with Crippen LogP contribution in [0, 0.1) is 0 Å². The van der Waals surface area contributed by atoms with E-state index in [1.807, 2.05) is 0 Å². The van der Waals surface area contributed by atoms with Gasteiger partial charge >= 0.3 is 0 Å². The number of hydrogen-bond acceptors (Lipinski definition) is 3. The van der Waals surface area contributed by atoms with Crippen LogP contribution in [0.4, 0.5) is 5.82 Å². The van der Waals surface area contributed by atoms with Crippen molar-refractivity contribution in [3.05, 3.63) is 60.7 Å². The summed E-state index contributed by atoms with van der Waals surface area (Å²) < 4.78 is 0. The summed E-state index contributed by atoms with van der Waals surface area (Å²) in [7, 11) is 0. The first-order valence-electron chi connectivity index (χ1n) is 8.77. The number of rotatable bonds is 3. The van der Waals surface area contributed by atoms with E-state index >= 15 is 0 Å². The number of nitrogens with zero attached hydrogens (tertiary/aromatic N) is 3. The van der Waals surface area contributed by atoms with Gasteiger partial charge in [0.05, 0.1) is 5.52 Å². The third-order valence-corrected chi connectivity index (χ3v) is 4.93. The molecule has 26 heavy (non-hydrogen) atoms. The monoisotopic (exact) mass is 389 g/mol. The molecule has 0 bridgehead atoms. The fraction of sp³-hybridized carbons (Fsp3) is 0.286. The van der Waals surface area contributed by atoms with E-state index in [0.29, 0.717) is 0 Å². The second-order valence-electron chi connectivity index (χ2n) is 6.33. The van der Waals surface area contributed by atoms with Gasteiger partial charge in [0.2, 0.25) is 0 Å². The van der Waals surface area contributed by atoms with E-state index in [1.54, 1.807) is 0 Å². The Morgan fingerprint density at radius 2 is 1.50 bits per heavy atom. The lowest BCUT2D eigenvalue weighted by molar-refractivity contribution is 0.270. The number of anilines is 1. The van der Waals surface area contributed by atoms with E-state index in [2.05, 4.69) is 77.4 Å². The summed E-state index contributed by atoms with van der Waals surface area (Å²) >= 11 is 0. The molecule has 1 saturated heterocycles. The van der Waals surface area contributed by atoms with Crippen LogP contribution in [-0.2, 0) is 0 Å². The zero-order valence-electron chi connectivity index (χ0n) is 15.0. The molecule has 0 saturated carbocycles. The molecule has 1 aliphatic heterocycles. The van der Waals surface area contributed by atoms with Crippen molar-refractivity contribution in [2.45, 2.75) is 6.92 Å². The van der Waals surface area contributed by atoms with Crippen LogP contribution in [-0.4, -0.2) is 42.6 Å². The Balaban J connectivity index is 0.00000121. The third kappa shape index (κ3) is 4.12. The van der Waals surface area contributed by atoms with Crippen LogP contribution in [0.2, 0.25) is 0 Å². The maximum Gasteiger partial charge on any atom is 0.129 e. The largest absolute Gasteiger partial charge is 0.354 e. The molecule has 0 unspecified atom stereocenters. The van der Waals surface area contributed by atoms with Crippen molar-refractivity contribution in [3.8, 4) is 11.1 Å². The maximum absolute atomic E-state index is 4.94. The van der Waals surface area contributed by atoms with E-state index in [4.69, 9.17) is 4.98 Å². The fourth-order valence-corrected chi connectivity index (χ4v) is 3.47. The molecular weight excluding hydrogens is 365 g/mol. The van der Waals surface area contributed by atoms with Gasteiger partial charge in [-0.15, -0.1) is 24.8 Å². The minimum Gasteiger partial charge on any atom is -0.354 e. The Kier molecular flexibility index (Phi) is 7.27. The van der Waals surface area contributed by atoms with Gasteiger partial charge in [0.15, 0.2) is 0 Å².